The van der Waals surface area contributed by atoms with Gasteiger partial charge in [-0.25, -0.2) is 0 Å². The smallest absolute Gasteiger partial charge is 0.282 e. The van der Waals surface area contributed by atoms with Crippen LogP contribution in [0.5, 0.6) is 0 Å². The summed E-state index contributed by atoms with van der Waals surface area (Å²) in [6.45, 7) is 8.25. The molecule has 1 N–H and O–H groups in total. The number of benzene rings is 1. The van der Waals surface area contributed by atoms with Crippen molar-refractivity contribution in [2.75, 3.05) is 45.8 Å². The lowest BCUT2D eigenvalue weighted by Gasteiger charge is -2.39. The summed E-state index contributed by atoms with van der Waals surface area (Å²) in [5.41, 5.74) is 3.17. The van der Waals surface area contributed by atoms with Crippen LogP contribution in [0.3, 0.4) is 0 Å². The number of fused-ring (bicyclic) bond motifs is 1. The van der Waals surface area contributed by atoms with Crippen LogP contribution < -0.4 is 0 Å². The van der Waals surface area contributed by atoms with Gasteiger partial charge in [-0.15, -0.1) is 0 Å². The number of piperazine rings is 1. The third-order valence-corrected chi connectivity index (χ3v) is 8.97. The molecule has 1 unspecified atom stereocenters. The number of aliphatic hydroxyl groups is 1. The number of rotatable bonds is 5. The molecule has 1 aromatic heterocycles. The summed E-state index contributed by atoms with van der Waals surface area (Å²) in [4.78, 5) is 2.18. The third kappa shape index (κ3) is 4.03. The highest BCUT2D eigenvalue weighted by Gasteiger charge is 2.34. The van der Waals surface area contributed by atoms with Gasteiger partial charge < -0.3 is 9.67 Å². The number of nitrogens with zero attached hydrogens (tertiary/aromatic N) is 4. The van der Waals surface area contributed by atoms with Gasteiger partial charge in [0.15, 0.2) is 0 Å². The van der Waals surface area contributed by atoms with Gasteiger partial charge in [0, 0.05) is 75.0 Å². The highest BCUT2D eigenvalue weighted by Crippen LogP contribution is 2.31. The van der Waals surface area contributed by atoms with Crippen molar-refractivity contribution >= 4 is 21.1 Å². The molecule has 2 aliphatic rings. The van der Waals surface area contributed by atoms with E-state index in [-0.39, 0.29) is 0 Å². The van der Waals surface area contributed by atoms with Gasteiger partial charge in [0.1, 0.15) is 0 Å². The summed E-state index contributed by atoms with van der Waals surface area (Å²) in [6.07, 6.45) is 1.29. The summed E-state index contributed by atoms with van der Waals surface area (Å²) in [7, 11) is -1.34. The highest BCUT2D eigenvalue weighted by molar-refractivity contribution is 7.86. The van der Waals surface area contributed by atoms with E-state index in [0.717, 1.165) is 35.0 Å². The highest BCUT2D eigenvalue weighted by atomic mass is 32.2. The summed E-state index contributed by atoms with van der Waals surface area (Å²) in [5.74, 6) is 0.604. The van der Waals surface area contributed by atoms with Gasteiger partial charge in [-0.05, 0) is 31.7 Å². The molecule has 0 saturated carbocycles. The Kier molecular flexibility index (Phi) is 6.23. The number of hydrogen-bond acceptors (Lipinski definition) is 4. The number of aryl methyl sites for hydroxylation is 1. The van der Waals surface area contributed by atoms with Crippen LogP contribution >= 0.6 is 0 Å². The summed E-state index contributed by atoms with van der Waals surface area (Å²) >= 11 is 0. The number of para-hydroxylation sites is 1. The van der Waals surface area contributed by atoms with Gasteiger partial charge in [0.25, 0.3) is 10.2 Å². The van der Waals surface area contributed by atoms with Crippen LogP contribution in [-0.4, -0.2) is 77.4 Å². The summed E-state index contributed by atoms with van der Waals surface area (Å²) < 4.78 is 31.3. The van der Waals surface area contributed by atoms with Crippen molar-refractivity contribution in [2.45, 2.75) is 32.8 Å². The largest absolute Gasteiger partial charge is 0.387 e. The molecule has 8 heteroatoms. The van der Waals surface area contributed by atoms with Crippen molar-refractivity contribution in [3.05, 3.63) is 35.5 Å². The number of aliphatic hydroxyl groups excluding tert-OH is 1. The second-order valence-corrected chi connectivity index (χ2v) is 10.8. The monoisotopic (exact) mass is 434 g/mol. The van der Waals surface area contributed by atoms with E-state index >= 15 is 0 Å². The zero-order valence-electron chi connectivity index (χ0n) is 18.3. The Morgan fingerprint density at radius 2 is 1.63 bits per heavy atom. The normalized spacial score (nSPS) is 22.0. The molecule has 0 aliphatic carbocycles. The molecule has 0 spiro atoms. The van der Waals surface area contributed by atoms with Crippen LogP contribution in [0.2, 0.25) is 0 Å². The molecule has 2 fully saturated rings. The third-order valence-electron chi connectivity index (χ3n) is 6.94. The number of hydrogen-bond donors (Lipinski definition) is 1. The quantitative estimate of drug-likeness (QED) is 0.783. The zero-order chi connectivity index (χ0) is 21.5. The SMILES string of the molecule is Cc1c(C(O)CN2CCN(S(=O)(=O)N3CCC(C)CC3)CC2)c2ccccc2n1C. The predicted octanol–water partition coefficient (Wildman–Crippen LogP) is 2.11. The fourth-order valence-corrected chi connectivity index (χ4v) is 6.45. The van der Waals surface area contributed by atoms with Crippen LogP contribution in [-0.2, 0) is 17.3 Å². The topological polar surface area (TPSA) is 69.0 Å². The molecule has 7 nitrogen and oxygen atoms in total. The number of β-amino-alcohol motifs (C(OH)–C–C–N with tert-alkyl or cyclic N) is 1. The van der Waals surface area contributed by atoms with Crippen molar-refractivity contribution < 1.29 is 13.5 Å². The Labute approximate surface area is 180 Å². The maximum atomic E-state index is 13.0. The standard InChI is InChI=1S/C22H34N4O3S/c1-17-8-10-25(11-9-17)30(28,29)26-14-12-24(13-15-26)16-21(27)22-18(2)23(3)20-7-5-4-6-19(20)22/h4-7,17,21,27H,8-16H2,1-3H3. The molecule has 4 rings (SSSR count). The molecule has 2 aromatic rings. The predicted molar refractivity (Wildman–Crippen MR) is 120 cm³/mol. The van der Waals surface area contributed by atoms with Crippen LogP contribution in [0.25, 0.3) is 10.9 Å². The first kappa shape index (κ1) is 21.8. The van der Waals surface area contributed by atoms with E-state index in [0.29, 0.717) is 51.7 Å². The van der Waals surface area contributed by atoms with Crippen LogP contribution in [0.15, 0.2) is 24.3 Å². The maximum absolute atomic E-state index is 13.0. The molecule has 1 aromatic carbocycles. The minimum Gasteiger partial charge on any atom is -0.387 e. The average molecular weight is 435 g/mol. The molecule has 2 saturated heterocycles. The Morgan fingerprint density at radius 3 is 2.30 bits per heavy atom. The fraction of sp³-hybridized carbons (Fsp3) is 0.636. The van der Waals surface area contributed by atoms with Gasteiger partial charge in [-0.3, -0.25) is 4.90 Å². The van der Waals surface area contributed by atoms with Gasteiger partial charge in [0.05, 0.1) is 6.10 Å². The lowest BCUT2D eigenvalue weighted by molar-refractivity contribution is 0.0906. The summed E-state index contributed by atoms with van der Waals surface area (Å²) in [5, 5.41) is 12.1. The molecule has 0 amide bonds. The molecule has 0 bridgehead atoms. The van der Waals surface area contributed by atoms with E-state index in [2.05, 4.69) is 28.5 Å². The van der Waals surface area contributed by atoms with E-state index in [4.69, 9.17) is 0 Å². The zero-order valence-corrected chi connectivity index (χ0v) is 19.1. The Bertz CT molecular complexity index is 987. The van der Waals surface area contributed by atoms with Crippen LogP contribution in [0.4, 0.5) is 0 Å². The Balaban J connectivity index is 1.39. The second kappa shape index (κ2) is 8.59. The van der Waals surface area contributed by atoms with Crippen molar-refractivity contribution in [3.8, 4) is 0 Å². The molecule has 3 heterocycles. The van der Waals surface area contributed by atoms with E-state index in [9.17, 15) is 13.5 Å². The van der Waals surface area contributed by atoms with E-state index < -0.39 is 16.3 Å². The maximum Gasteiger partial charge on any atom is 0.282 e. The first-order valence-corrected chi connectivity index (χ1v) is 12.4. The first-order chi connectivity index (χ1) is 14.3. The Morgan fingerprint density at radius 1 is 1.03 bits per heavy atom. The first-order valence-electron chi connectivity index (χ1n) is 11.0. The Hall–Kier alpha value is -1.45. The molecular weight excluding hydrogens is 400 g/mol. The van der Waals surface area contributed by atoms with Crippen LogP contribution in [0, 0.1) is 12.8 Å². The van der Waals surface area contributed by atoms with Gasteiger partial charge in [0.2, 0.25) is 0 Å². The van der Waals surface area contributed by atoms with Crippen LogP contribution in [0.1, 0.15) is 37.1 Å². The lowest BCUT2D eigenvalue weighted by Crippen LogP contribution is -2.54. The van der Waals surface area contributed by atoms with E-state index in [1.54, 1.807) is 8.61 Å². The van der Waals surface area contributed by atoms with Crippen molar-refractivity contribution in [3.63, 3.8) is 0 Å². The van der Waals surface area contributed by atoms with Crippen molar-refractivity contribution in [2.24, 2.45) is 13.0 Å². The lowest BCUT2D eigenvalue weighted by atomic mass is 10.0. The molecule has 2 aliphatic heterocycles. The number of aromatic nitrogens is 1. The number of piperidine rings is 1. The van der Waals surface area contributed by atoms with Gasteiger partial charge in [-0.1, -0.05) is 25.1 Å². The molecule has 166 valence electrons. The minimum absolute atomic E-state index is 0.482. The van der Waals surface area contributed by atoms with Crippen molar-refractivity contribution in [1.82, 2.24) is 18.1 Å². The van der Waals surface area contributed by atoms with Gasteiger partial charge >= 0.3 is 0 Å². The van der Waals surface area contributed by atoms with Crippen molar-refractivity contribution in [1.29, 1.82) is 0 Å². The average Bonchev–Trinajstić information content (AvgIpc) is 2.99. The molecule has 1 atom stereocenters. The van der Waals surface area contributed by atoms with Gasteiger partial charge in [-0.2, -0.15) is 17.0 Å². The second-order valence-electron chi connectivity index (χ2n) is 8.88. The minimum atomic E-state index is -3.37. The summed E-state index contributed by atoms with van der Waals surface area (Å²) in [6, 6.07) is 8.15. The fourth-order valence-electron chi connectivity index (χ4n) is 4.83. The molecule has 30 heavy (non-hydrogen) atoms. The molecule has 0 radical (unpaired) electrons. The van der Waals surface area contributed by atoms with E-state index in [1.165, 1.54) is 0 Å². The van der Waals surface area contributed by atoms with E-state index in [1.807, 2.05) is 26.1 Å². The molecular formula is C22H34N4O3S.